The lowest BCUT2D eigenvalue weighted by Gasteiger charge is -2.40. The Kier molecular flexibility index (Phi) is 9.33. The number of halogens is 2. The first-order valence-electron chi connectivity index (χ1n) is 14.0. The van der Waals surface area contributed by atoms with Crippen LogP contribution in [-0.2, 0) is 19.6 Å². The maximum absolute atomic E-state index is 13.6. The predicted octanol–water partition coefficient (Wildman–Crippen LogP) is 4.28. The Morgan fingerprint density at radius 2 is 1.75 bits per heavy atom. The molecule has 0 saturated carbocycles. The molecule has 5 rings (SSSR count). The molecule has 2 aromatic carbocycles. The number of benzene rings is 2. The van der Waals surface area contributed by atoms with E-state index in [-0.39, 0.29) is 41.5 Å². The van der Waals surface area contributed by atoms with Crippen molar-refractivity contribution >= 4 is 67.6 Å². The fourth-order valence-electron chi connectivity index (χ4n) is 5.21. The van der Waals surface area contributed by atoms with Gasteiger partial charge in [0.1, 0.15) is 12.1 Å². The summed E-state index contributed by atoms with van der Waals surface area (Å²) in [6.45, 7) is 2.83. The van der Waals surface area contributed by atoms with Crippen LogP contribution >= 0.6 is 23.2 Å². The van der Waals surface area contributed by atoms with E-state index in [4.69, 9.17) is 23.2 Å². The van der Waals surface area contributed by atoms with E-state index < -0.39 is 10.0 Å². The molecular weight excluding hydrogens is 625 g/mol. The highest BCUT2D eigenvalue weighted by atomic mass is 35.5. The molecule has 0 radical (unpaired) electrons. The van der Waals surface area contributed by atoms with E-state index in [0.29, 0.717) is 52.9 Å². The molecule has 11 nitrogen and oxygen atoms in total. The summed E-state index contributed by atoms with van der Waals surface area (Å²) in [5.41, 5.74) is 1.78. The summed E-state index contributed by atoms with van der Waals surface area (Å²) in [5, 5.41) is 4.50. The summed E-state index contributed by atoms with van der Waals surface area (Å²) in [6.07, 6.45) is 4.17. The summed E-state index contributed by atoms with van der Waals surface area (Å²) in [4.78, 5) is 40.4. The second-order valence-corrected chi connectivity index (χ2v) is 13.6. The molecule has 1 N–H and O–H groups in total. The number of nitrogens with zero attached hydrogens (tertiary/aromatic N) is 6. The van der Waals surface area contributed by atoms with Gasteiger partial charge in [-0.3, -0.25) is 9.59 Å². The summed E-state index contributed by atoms with van der Waals surface area (Å²) >= 11 is 12.2. The molecule has 0 bridgehead atoms. The van der Waals surface area contributed by atoms with Crippen molar-refractivity contribution in [1.29, 1.82) is 0 Å². The number of nitrogens with one attached hydrogen (secondary N) is 1. The van der Waals surface area contributed by atoms with Crippen LogP contribution in [0.4, 0.5) is 11.5 Å². The van der Waals surface area contributed by atoms with Crippen molar-refractivity contribution < 1.29 is 18.0 Å². The maximum Gasteiger partial charge on any atom is 0.269 e. The number of likely N-dealkylation sites (N-methyl/N-ethyl adjacent to an activating group) is 1. The molecule has 1 aliphatic rings. The van der Waals surface area contributed by atoms with E-state index in [1.807, 2.05) is 11.8 Å². The van der Waals surface area contributed by atoms with Crippen LogP contribution in [0.15, 0.2) is 66.0 Å². The monoisotopic (exact) mass is 657 g/mol. The van der Waals surface area contributed by atoms with E-state index in [1.165, 1.54) is 17.4 Å². The van der Waals surface area contributed by atoms with E-state index in [1.54, 1.807) is 67.5 Å². The maximum atomic E-state index is 13.6. The van der Waals surface area contributed by atoms with Crippen molar-refractivity contribution in [2.24, 2.45) is 0 Å². The van der Waals surface area contributed by atoms with Gasteiger partial charge in [0.05, 0.1) is 23.4 Å². The molecule has 4 aromatic rings. The van der Waals surface area contributed by atoms with Crippen LogP contribution in [0.25, 0.3) is 11.0 Å². The van der Waals surface area contributed by atoms with Gasteiger partial charge in [-0.2, -0.15) is 0 Å². The normalized spacial score (nSPS) is 15.3. The van der Waals surface area contributed by atoms with Gasteiger partial charge in [0.25, 0.3) is 10.0 Å². The number of fused-ring (bicyclic) bond motifs is 1. The second kappa shape index (κ2) is 13.0. The van der Waals surface area contributed by atoms with Crippen LogP contribution in [0.5, 0.6) is 0 Å². The van der Waals surface area contributed by atoms with Crippen LogP contribution in [0.2, 0.25) is 10.0 Å². The average Bonchev–Trinajstić information content (AvgIpc) is 3.44. The molecule has 0 spiro atoms. The molecule has 1 fully saturated rings. The van der Waals surface area contributed by atoms with Gasteiger partial charge < -0.3 is 20.0 Å². The highest BCUT2D eigenvalue weighted by Crippen LogP contribution is 2.30. The van der Waals surface area contributed by atoms with E-state index in [2.05, 4.69) is 15.3 Å². The lowest BCUT2D eigenvalue weighted by molar-refractivity contribution is -0.130. The van der Waals surface area contributed by atoms with E-state index in [9.17, 15) is 18.0 Å². The number of aromatic nitrogens is 3. The Labute approximate surface area is 266 Å². The molecular formula is C30H33Cl2N7O4S. The first kappa shape index (κ1) is 31.6. The minimum absolute atomic E-state index is 0.0129. The van der Waals surface area contributed by atoms with Crippen LogP contribution in [0, 0.1) is 6.92 Å². The molecule has 1 aliphatic heterocycles. The van der Waals surface area contributed by atoms with Gasteiger partial charge >= 0.3 is 0 Å². The van der Waals surface area contributed by atoms with E-state index in [0.717, 1.165) is 9.54 Å². The van der Waals surface area contributed by atoms with Crippen LogP contribution < -0.4 is 10.2 Å². The number of hydrogen-bond donors (Lipinski definition) is 1. The van der Waals surface area contributed by atoms with Crippen LogP contribution in [0.3, 0.4) is 0 Å². The summed E-state index contributed by atoms with van der Waals surface area (Å²) in [7, 11) is -0.598. The fraction of sp³-hybridized carbons (Fsp3) is 0.333. The summed E-state index contributed by atoms with van der Waals surface area (Å²) < 4.78 is 28.2. The van der Waals surface area contributed by atoms with E-state index >= 15 is 0 Å². The number of rotatable bonds is 9. The van der Waals surface area contributed by atoms with Gasteiger partial charge in [-0.25, -0.2) is 22.4 Å². The van der Waals surface area contributed by atoms with Crippen molar-refractivity contribution in [3.63, 3.8) is 0 Å². The van der Waals surface area contributed by atoms with Gasteiger partial charge in [0.2, 0.25) is 11.8 Å². The minimum atomic E-state index is -3.94. The first-order valence-corrected chi connectivity index (χ1v) is 16.2. The lowest BCUT2D eigenvalue weighted by Crippen LogP contribution is -2.53. The van der Waals surface area contributed by atoms with Crippen molar-refractivity contribution in [2.75, 3.05) is 50.5 Å². The molecule has 0 unspecified atom stereocenters. The number of aryl methyl sites for hydroxylation is 1. The molecule has 1 atom stereocenters. The summed E-state index contributed by atoms with van der Waals surface area (Å²) in [6, 6.07) is 13.0. The number of hydrogen-bond acceptors (Lipinski definition) is 8. The molecule has 14 heteroatoms. The molecule has 2 aromatic heterocycles. The van der Waals surface area contributed by atoms with Gasteiger partial charge in [-0.15, -0.1) is 0 Å². The molecule has 1 saturated heterocycles. The largest absolute Gasteiger partial charge is 0.376 e. The quantitative estimate of drug-likeness (QED) is 0.283. The zero-order valence-corrected chi connectivity index (χ0v) is 26.9. The minimum Gasteiger partial charge on any atom is -0.376 e. The number of likely N-dealkylation sites (tertiary alicyclic amines) is 1. The van der Waals surface area contributed by atoms with Gasteiger partial charge in [-0.1, -0.05) is 40.9 Å². The second-order valence-electron chi connectivity index (χ2n) is 10.9. The smallest absolute Gasteiger partial charge is 0.269 e. The highest BCUT2D eigenvalue weighted by molar-refractivity contribution is 7.90. The Balaban J connectivity index is 1.44. The Hall–Kier alpha value is -3.87. The molecule has 2 amide bonds. The number of amides is 2. The Bertz CT molecular complexity index is 1770. The Morgan fingerprint density at radius 1 is 1.05 bits per heavy atom. The zero-order valence-electron chi connectivity index (χ0n) is 24.6. The highest BCUT2D eigenvalue weighted by Gasteiger charge is 2.32. The van der Waals surface area contributed by atoms with Crippen molar-refractivity contribution in [3.05, 3.63) is 76.7 Å². The first-order chi connectivity index (χ1) is 20.9. The number of carbonyl (C=O) groups excluding carboxylic acids is 2. The van der Waals surface area contributed by atoms with Crippen molar-refractivity contribution in [3.8, 4) is 0 Å². The number of piperidine rings is 1. The Morgan fingerprint density at radius 3 is 2.43 bits per heavy atom. The third-order valence-corrected chi connectivity index (χ3v) is 9.69. The van der Waals surface area contributed by atoms with Crippen LogP contribution in [0.1, 0.15) is 18.4 Å². The van der Waals surface area contributed by atoms with Gasteiger partial charge in [-0.05, 0) is 56.2 Å². The fourth-order valence-corrected chi connectivity index (χ4v) is 7.03. The average molecular weight is 659 g/mol. The third-order valence-electron chi connectivity index (χ3n) is 7.58. The standard InChI is InChI=1S/C30H33Cl2N7O4S/c1-20-6-8-25(9-7-20)44(42,43)39-12-10-26-29(34-19-35-30(26)39)38(18-28(41)36(2)3)24-5-4-11-37(17-24)27(40)16-33-23-14-21(31)13-22(32)15-23/h6-10,12-15,19,24,33H,4-5,11,16-18H2,1-3H3/t24-/m1/s1. The molecule has 0 aliphatic carbocycles. The number of anilines is 2. The SMILES string of the molecule is Cc1ccc(S(=O)(=O)n2ccc3c(N(CC(=O)N(C)C)[C@@H]4CCCN(C(=O)CNc5cc(Cl)cc(Cl)c5)C4)ncnc32)cc1. The molecule has 3 heterocycles. The van der Waals surface area contributed by atoms with Crippen molar-refractivity contribution in [2.45, 2.75) is 30.7 Å². The third kappa shape index (κ3) is 6.77. The molecule has 44 heavy (non-hydrogen) atoms. The zero-order chi connectivity index (χ0) is 31.6. The van der Waals surface area contributed by atoms with Crippen molar-refractivity contribution in [1.82, 2.24) is 23.7 Å². The summed E-state index contributed by atoms with van der Waals surface area (Å²) in [5.74, 6) is 0.147. The number of carbonyl (C=O) groups is 2. The lowest BCUT2D eigenvalue weighted by atomic mass is 10.0. The van der Waals surface area contributed by atoms with Crippen LogP contribution in [-0.4, -0.2) is 90.3 Å². The predicted molar refractivity (Wildman–Crippen MR) is 172 cm³/mol. The topological polar surface area (TPSA) is 121 Å². The van der Waals surface area contributed by atoms with Gasteiger partial charge in [0.15, 0.2) is 5.65 Å². The molecule has 232 valence electrons. The van der Waals surface area contributed by atoms with Gasteiger partial charge in [0, 0.05) is 55.2 Å².